The second-order valence-electron chi connectivity index (χ2n) is 5.57. The highest BCUT2D eigenvalue weighted by atomic mass is 32.1. The number of hydrogen-bond donors (Lipinski definition) is 2. The number of carbonyl (C=O) groups is 1. The van der Waals surface area contributed by atoms with Crippen molar-refractivity contribution in [1.29, 1.82) is 0 Å². The minimum Gasteiger partial charge on any atom is -0.399 e. The number of nitrogens with one attached hydrogen (secondary N) is 1. The lowest BCUT2D eigenvalue weighted by Crippen LogP contribution is -2.36. The average molecular weight is 301 g/mol. The maximum atomic E-state index is 12.4. The Morgan fingerprint density at radius 3 is 2.67 bits per heavy atom. The van der Waals surface area contributed by atoms with E-state index in [2.05, 4.69) is 10.3 Å². The number of nitrogens with two attached hydrogens (primary N) is 1. The van der Waals surface area contributed by atoms with Gasteiger partial charge in [0.2, 0.25) is 5.91 Å². The van der Waals surface area contributed by atoms with Crippen molar-refractivity contribution in [2.75, 3.05) is 12.3 Å². The molecule has 0 bridgehead atoms. The van der Waals surface area contributed by atoms with Gasteiger partial charge in [0.25, 0.3) is 0 Å². The van der Waals surface area contributed by atoms with Gasteiger partial charge in [0.15, 0.2) is 0 Å². The molecule has 3 rings (SSSR count). The van der Waals surface area contributed by atoms with Gasteiger partial charge >= 0.3 is 0 Å². The number of carbonyl (C=O) groups excluding carboxylic acids is 1. The lowest BCUT2D eigenvalue weighted by atomic mass is 9.94. The van der Waals surface area contributed by atoms with Crippen molar-refractivity contribution in [3.8, 4) is 0 Å². The normalized spacial score (nSPS) is 15.7. The largest absolute Gasteiger partial charge is 0.399 e. The predicted octanol–water partition coefficient (Wildman–Crippen LogP) is 2.42. The molecule has 0 unspecified atom stereocenters. The first kappa shape index (κ1) is 14.1. The van der Waals surface area contributed by atoms with Crippen LogP contribution in [0, 0.1) is 6.92 Å². The van der Waals surface area contributed by atoms with Crippen molar-refractivity contribution in [3.05, 3.63) is 45.9 Å². The van der Waals surface area contributed by atoms with Crippen LogP contribution in [0.15, 0.2) is 29.6 Å². The number of anilines is 1. The van der Waals surface area contributed by atoms with E-state index < -0.39 is 0 Å². The van der Waals surface area contributed by atoms with E-state index in [1.54, 1.807) is 11.3 Å². The molecule has 3 N–H and O–H groups in total. The average Bonchev–Trinajstić information content (AvgIpc) is 3.18. The molecule has 0 spiro atoms. The Balaban J connectivity index is 1.59. The van der Waals surface area contributed by atoms with Gasteiger partial charge in [-0.15, -0.1) is 11.3 Å². The molecule has 1 aromatic heterocycles. The number of amides is 1. The summed E-state index contributed by atoms with van der Waals surface area (Å²) >= 11 is 1.64. The van der Waals surface area contributed by atoms with E-state index in [-0.39, 0.29) is 11.3 Å². The van der Waals surface area contributed by atoms with E-state index in [1.165, 1.54) is 0 Å². The number of nitrogen functional groups attached to an aromatic ring is 1. The molecule has 21 heavy (non-hydrogen) atoms. The van der Waals surface area contributed by atoms with Crippen LogP contribution in [0.25, 0.3) is 0 Å². The molecular formula is C16H19N3OS. The standard InChI is InChI=1S/C16H19N3OS/c1-11-19-14(10-21-11)6-9-18-15(20)16(7-8-16)12-2-4-13(17)5-3-12/h2-5,10H,6-9,17H2,1H3,(H,18,20). The molecule has 1 aliphatic carbocycles. The fourth-order valence-electron chi connectivity index (χ4n) is 2.57. The molecule has 2 aromatic rings. The first-order valence-corrected chi connectivity index (χ1v) is 8.03. The molecule has 1 heterocycles. The van der Waals surface area contributed by atoms with Crippen molar-refractivity contribution in [1.82, 2.24) is 10.3 Å². The van der Waals surface area contributed by atoms with Gasteiger partial charge in [-0.05, 0) is 37.5 Å². The van der Waals surface area contributed by atoms with E-state index in [9.17, 15) is 4.79 Å². The minimum absolute atomic E-state index is 0.124. The smallest absolute Gasteiger partial charge is 0.230 e. The predicted molar refractivity (Wildman–Crippen MR) is 85.3 cm³/mol. The highest BCUT2D eigenvalue weighted by molar-refractivity contribution is 7.09. The lowest BCUT2D eigenvalue weighted by molar-refractivity contribution is -0.123. The first-order chi connectivity index (χ1) is 10.1. The minimum atomic E-state index is -0.328. The molecule has 1 saturated carbocycles. The maximum absolute atomic E-state index is 12.4. The summed E-state index contributed by atoms with van der Waals surface area (Å²) in [4.78, 5) is 16.9. The summed E-state index contributed by atoms with van der Waals surface area (Å²) in [7, 11) is 0. The zero-order valence-electron chi connectivity index (χ0n) is 12.1. The molecule has 4 nitrogen and oxygen atoms in total. The number of aromatic nitrogens is 1. The summed E-state index contributed by atoms with van der Waals surface area (Å²) < 4.78 is 0. The van der Waals surface area contributed by atoms with Gasteiger partial charge in [-0.1, -0.05) is 12.1 Å². The number of hydrogen-bond acceptors (Lipinski definition) is 4. The Labute approximate surface area is 128 Å². The van der Waals surface area contributed by atoms with Gasteiger partial charge in [0, 0.05) is 24.0 Å². The van der Waals surface area contributed by atoms with Gasteiger partial charge in [0.1, 0.15) is 0 Å². The van der Waals surface area contributed by atoms with Crippen LogP contribution in [0.1, 0.15) is 29.1 Å². The summed E-state index contributed by atoms with van der Waals surface area (Å²) in [5.41, 5.74) is 8.23. The van der Waals surface area contributed by atoms with Crippen molar-refractivity contribution in [3.63, 3.8) is 0 Å². The molecule has 5 heteroatoms. The molecule has 0 atom stereocenters. The zero-order chi connectivity index (χ0) is 14.9. The Kier molecular flexibility index (Phi) is 3.68. The maximum Gasteiger partial charge on any atom is 0.230 e. The Bertz CT molecular complexity index is 644. The Hall–Kier alpha value is -1.88. The van der Waals surface area contributed by atoms with Crippen molar-refractivity contribution < 1.29 is 4.79 Å². The SMILES string of the molecule is Cc1nc(CCNC(=O)C2(c3ccc(N)cc3)CC2)cs1. The van der Waals surface area contributed by atoms with Crippen molar-refractivity contribution in [2.24, 2.45) is 0 Å². The topological polar surface area (TPSA) is 68.0 Å². The molecule has 0 radical (unpaired) electrons. The third-order valence-electron chi connectivity index (χ3n) is 3.98. The van der Waals surface area contributed by atoms with Crippen LogP contribution in [0.2, 0.25) is 0 Å². The quantitative estimate of drug-likeness (QED) is 0.833. The summed E-state index contributed by atoms with van der Waals surface area (Å²) in [6, 6.07) is 7.65. The first-order valence-electron chi connectivity index (χ1n) is 7.15. The third-order valence-corrected chi connectivity index (χ3v) is 4.80. The second-order valence-corrected chi connectivity index (χ2v) is 6.63. The summed E-state index contributed by atoms with van der Waals surface area (Å²) in [6.45, 7) is 2.63. The van der Waals surface area contributed by atoms with Crippen LogP contribution in [-0.4, -0.2) is 17.4 Å². The van der Waals surface area contributed by atoms with E-state index in [4.69, 9.17) is 5.73 Å². The lowest BCUT2D eigenvalue weighted by Gasteiger charge is -2.15. The number of benzene rings is 1. The van der Waals surface area contributed by atoms with Crippen LogP contribution in [0.4, 0.5) is 5.69 Å². The van der Waals surface area contributed by atoms with Gasteiger partial charge in [-0.2, -0.15) is 0 Å². The van der Waals surface area contributed by atoms with E-state index in [1.807, 2.05) is 36.6 Å². The molecule has 0 saturated heterocycles. The summed E-state index contributed by atoms with van der Waals surface area (Å²) in [5.74, 6) is 0.124. The van der Waals surface area contributed by atoms with Crippen LogP contribution < -0.4 is 11.1 Å². The zero-order valence-corrected chi connectivity index (χ0v) is 12.9. The molecule has 1 amide bonds. The third kappa shape index (κ3) is 2.93. The van der Waals surface area contributed by atoms with Crippen LogP contribution >= 0.6 is 11.3 Å². The Morgan fingerprint density at radius 1 is 1.38 bits per heavy atom. The molecule has 110 valence electrons. The Morgan fingerprint density at radius 2 is 2.10 bits per heavy atom. The van der Waals surface area contributed by atoms with E-state index >= 15 is 0 Å². The molecular weight excluding hydrogens is 282 g/mol. The molecule has 1 aliphatic rings. The number of thiazole rings is 1. The summed E-state index contributed by atoms with van der Waals surface area (Å²) in [6.07, 6.45) is 2.62. The number of rotatable bonds is 5. The van der Waals surface area contributed by atoms with Gasteiger partial charge < -0.3 is 11.1 Å². The highest BCUT2D eigenvalue weighted by Crippen LogP contribution is 2.48. The van der Waals surface area contributed by atoms with Gasteiger partial charge in [-0.3, -0.25) is 4.79 Å². The van der Waals surface area contributed by atoms with Crippen LogP contribution in [0.3, 0.4) is 0 Å². The van der Waals surface area contributed by atoms with E-state index in [0.29, 0.717) is 6.54 Å². The highest BCUT2D eigenvalue weighted by Gasteiger charge is 2.50. The van der Waals surface area contributed by atoms with Crippen LogP contribution in [-0.2, 0) is 16.6 Å². The van der Waals surface area contributed by atoms with Gasteiger partial charge in [-0.25, -0.2) is 4.98 Å². The van der Waals surface area contributed by atoms with Crippen molar-refractivity contribution >= 4 is 22.9 Å². The van der Waals surface area contributed by atoms with Gasteiger partial charge in [0.05, 0.1) is 16.1 Å². The fourth-order valence-corrected chi connectivity index (χ4v) is 3.22. The molecule has 1 aromatic carbocycles. The number of aryl methyl sites for hydroxylation is 1. The number of nitrogens with zero attached hydrogens (tertiary/aromatic N) is 1. The van der Waals surface area contributed by atoms with Crippen LogP contribution in [0.5, 0.6) is 0 Å². The monoisotopic (exact) mass is 301 g/mol. The summed E-state index contributed by atoms with van der Waals surface area (Å²) in [5, 5.41) is 6.17. The molecule has 0 aliphatic heterocycles. The molecule has 1 fully saturated rings. The second kappa shape index (κ2) is 5.48. The van der Waals surface area contributed by atoms with Crippen molar-refractivity contribution in [2.45, 2.75) is 31.6 Å². The van der Waals surface area contributed by atoms with E-state index in [0.717, 1.165) is 41.2 Å². The fraction of sp³-hybridized carbons (Fsp3) is 0.375.